The van der Waals surface area contributed by atoms with E-state index in [1.165, 1.54) is 0 Å². The molecule has 1 aromatic heterocycles. The monoisotopic (exact) mass is 289 g/mol. The van der Waals surface area contributed by atoms with Crippen LogP contribution in [0.1, 0.15) is 36.7 Å². The molecule has 0 bridgehead atoms. The van der Waals surface area contributed by atoms with Crippen LogP contribution < -0.4 is 0 Å². The molecule has 1 N–H and O–H groups in total. The van der Waals surface area contributed by atoms with Crippen molar-refractivity contribution in [1.29, 1.82) is 0 Å². The Hall–Kier alpha value is -2.21. The van der Waals surface area contributed by atoms with Crippen molar-refractivity contribution in [2.75, 3.05) is 13.6 Å². The highest BCUT2D eigenvalue weighted by Gasteiger charge is 2.19. The minimum atomic E-state index is -0.815. The van der Waals surface area contributed by atoms with E-state index >= 15 is 0 Å². The summed E-state index contributed by atoms with van der Waals surface area (Å²) in [5.41, 5.74) is 1.12. The van der Waals surface area contributed by atoms with Gasteiger partial charge in [-0.15, -0.1) is 0 Å². The van der Waals surface area contributed by atoms with Crippen molar-refractivity contribution >= 4 is 5.97 Å². The Bertz CT molecular complexity index is 583. The number of benzene rings is 1. The van der Waals surface area contributed by atoms with Crippen molar-refractivity contribution in [2.45, 2.75) is 25.8 Å². The lowest BCUT2D eigenvalue weighted by Crippen LogP contribution is -2.25. The fraction of sp³-hybridized carbons (Fsp3) is 0.400. The lowest BCUT2D eigenvalue weighted by atomic mass is 10.1. The van der Waals surface area contributed by atoms with Crippen LogP contribution >= 0.6 is 0 Å². The summed E-state index contributed by atoms with van der Waals surface area (Å²) in [5.74, 6) is 0.327. The average molecular weight is 289 g/mol. The van der Waals surface area contributed by atoms with Gasteiger partial charge in [0, 0.05) is 13.0 Å². The lowest BCUT2D eigenvalue weighted by molar-refractivity contribution is -0.137. The fourth-order valence-electron chi connectivity index (χ4n) is 1.94. The van der Waals surface area contributed by atoms with Gasteiger partial charge in [0.1, 0.15) is 0 Å². The Kier molecular flexibility index (Phi) is 5.05. The number of aromatic nitrogens is 2. The molecule has 0 aliphatic heterocycles. The van der Waals surface area contributed by atoms with Crippen molar-refractivity contribution < 1.29 is 14.4 Å². The summed E-state index contributed by atoms with van der Waals surface area (Å²) in [6, 6.07) is 9.82. The number of hydrogen-bond acceptors (Lipinski definition) is 5. The van der Waals surface area contributed by atoms with E-state index < -0.39 is 5.97 Å². The van der Waals surface area contributed by atoms with Crippen molar-refractivity contribution in [1.82, 2.24) is 15.0 Å². The Morgan fingerprint density at radius 2 is 2.10 bits per heavy atom. The summed E-state index contributed by atoms with van der Waals surface area (Å²) < 4.78 is 5.28. The third-order valence-electron chi connectivity index (χ3n) is 3.39. The molecule has 2 aromatic rings. The van der Waals surface area contributed by atoms with E-state index in [0.717, 1.165) is 5.56 Å². The lowest BCUT2D eigenvalue weighted by Gasteiger charge is -2.20. The SMILES string of the molecule is CC(c1nc(Cc2ccccc2)no1)N(C)CCC(=O)O. The Morgan fingerprint density at radius 1 is 1.38 bits per heavy atom. The van der Waals surface area contributed by atoms with E-state index in [0.29, 0.717) is 24.7 Å². The number of aliphatic carboxylic acids is 1. The van der Waals surface area contributed by atoms with Gasteiger partial charge in [-0.1, -0.05) is 35.5 Å². The number of rotatable bonds is 7. The molecule has 0 fully saturated rings. The first-order valence-corrected chi connectivity index (χ1v) is 6.84. The molecule has 0 saturated heterocycles. The second-order valence-corrected chi connectivity index (χ2v) is 5.01. The minimum Gasteiger partial charge on any atom is -0.481 e. The summed E-state index contributed by atoms with van der Waals surface area (Å²) in [4.78, 5) is 16.9. The van der Waals surface area contributed by atoms with Crippen LogP contribution in [0.15, 0.2) is 34.9 Å². The van der Waals surface area contributed by atoms with Gasteiger partial charge in [-0.3, -0.25) is 9.69 Å². The smallest absolute Gasteiger partial charge is 0.304 e. The van der Waals surface area contributed by atoms with Gasteiger partial charge < -0.3 is 9.63 Å². The summed E-state index contributed by atoms with van der Waals surface area (Å²) >= 11 is 0. The highest BCUT2D eigenvalue weighted by molar-refractivity contribution is 5.66. The summed E-state index contributed by atoms with van der Waals surface area (Å²) in [5, 5.41) is 12.7. The van der Waals surface area contributed by atoms with E-state index in [-0.39, 0.29) is 12.5 Å². The molecular formula is C15H19N3O3. The first-order chi connectivity index (χ1) is 10.1. The van der Waals surface area contributed by atoms with Gasteiger partial charge >= 0.3 is 5.97 Å². The van der Waals surface area contributed by atoms with Crippen LogP contribution in [0.3, 0.4) is 0 Å². The normalized spacial score (nSPS) is 12.5. The van der Waals surface area contributed by atoms with Gasteiger partial charge in [0.05, 0.1) is 12.5 Å². The van der Waals surface area contributed by atoms with Crippen LogP contribution in [-0.4, -0.2) is 39.7 Å². The maximum atomic E-state index is 10.6. The van der Waals surface area contributed by atoms with Crippen LogP contribution in [0.25, 0.3) is 0 Å². The zero-order valence-electron chi connectivity index (χ0n) is 12.2. The molecule has 0 aliphatic carbocycles. The number of carboxylic acids is 1. The van der Waals surface area contributed by atoms with Crippen LogP contribution in [-0.2, 0) is 11.2 Å². The quantitative estimate of drug-likeness (QED) is 0.841. The predicted molar refractivity (Wildman–Crippen MR) is 76.8 cm³/mol. The summed E-state index contributed by atoms with van der Waals surface area (Å²) in [7, 11) is 1.84. The predicted octanol–water partition coefficient (Wildman–Crippen LogP) is 2.13. The molecule has 1 heterocycles. The van der Waals surface area contributed by atoms with E-state index in [2.05, 4.69) is 10.1 Å². The van der Waals surface area contributed by atoms with Crippen molar-refractivity contribution in [3.8, 4) is 0 Å². The number of carbonyl (C=O) groups is 1. The molecule has 6 heteroatoms. The van der Waals surface area contributed by atoms with Gasteiger partial charge in [-0.05, 0) is 19.5 Å². The highest BCUT2D eigenvalue weighted by atomic mass is 16.5. The molecule has 0 radical (unpaired) electrons. The van der Waals surface area contributed by atoms with Crippen molar-refractivity contribution in [3.63, 3.8) is 0 Å². The Morgan fingerprint density at radius 3 is 2.76 bits per heavy atom. The summed E-state index contributed by atoms with van der Waals surface area (Å²) in [6.07, 6.45) is 0.710. The molecule has 0 amide bonds. The Balaban J connectivity index is 1.97. The van der Waals surface area contributed by atoms with Gasteiger partial charge in [-0.2, -0.15) is 4.98 Å². The largest absolute Gasteiger partial charge is 0.481 e. The fourth-order valence-corrected chi connectivity index (χ4v) is 1.94. The zero-order valence-corrected chi connectivity index (χ0v) is 12.2. The van der Waals surface area contributed by atoms with Gasteiger partial charge in [0.25, 0.3) is 0 Å². The van der Waals surface area contributed by atoms with Gasteiger partial charge in [-0.25, -0.2) is 0 Å². The molecule has 0 spiro atoms. The van der Waals surface area contributed by atoms with E-state index in [1.54, 1.807) is 0 Å². The molecule has 0 saturated carbocycles. The standard InChI is InChI=1S/C15H19N3O3/c1-11(18(2)9-8-14(19)20)15-16-13(17-21-15)10-12-6-4-3-5-7-12/h3-7,11H,8-10H2,1-2H3,(H,19,20). The van der Waals surface area contributed by atoms with Gasteiger partial charge in [0.15, 0.2) is 5.82 Å². The van der Waals surface area contributed by atoms with E-state index in [4.69, 9.17) is 9.63 Å². The van der Waals surface area contributed by atoms with Gasteiger partial charge in [0.2, 0.25) is 5.89 Å². The second-order valence-electron chi connectivity index (χ2n) is 5.01. The topological polar surface area (TPSA) is 79.5 Å². The second kappa shape index (κ2) is 6.99. The van der Waals surface area contributed by atoms with Crippen LogP contribution in [0, 0.1) is 0 Å². The van der Waals surface area contributed by atoms with Crippen LogP contribution in [0.4, 0.5) is 0 Å². The minimum absolute atomic E-state index is 0.0891. The van der Waals surface area contributed by atoms with Crippen LogP contribution in [0.5, 0.6) is 0 Å². The zero-order chi connectivity index (χ0) is 15.2. The van der Waals surface area contributed by atoms with Crippen molar-refractivity contribution in [3.05, 3.63) is 47.6 Å². The maximum Gasteiger partial charge on any atom is 0.304 e. The summed E-state index contributed by atoms with van der Waals surface area (Å²) in [6.45, 7) is 2.36. The number of carboxylic acid groups (broad SMARTS) is 1. The molecule has 2 rings (SSSR count). The first kappa shape index (κ1) is 15.2. The van der Waals surface area contributed by atoms with Crippen LogP contribution in [0.2, 0.25) is 0 Å². The molecule has 6 nitrogen and oxygen atoms in total. The number of nitrogens with zero attached hydrogens (tertiary/aromatic N) is 3. The maximum absolute atomic E-state index is 10.6. The van der Waals surface area contributed by atoms with Crippen molar-refractivity contribution in [2.24, 2.45) is 0 Å². The number of hydrogen-bond donors (Lipinski definition) is 1. The third-order valence-corrected chi connectivity index (χ3v) is 3.39. The molecule has 1 aromatic carbocycles. The molecular weight excluding hydrogens is 270 g/mol. The molecule has 1 unspecified atom stereocenters. The molecule has 21 heavy (non-hydrogen) atoms. The highest BCUT2D eigenvalue weighted by Crippen LogP contribution is 2.17. The van der Waals surface area contributed by atoms with E-state index in [9.17, 15) is 4.79 Å². The molecule has 0 aliphatic rings. The van der Waals surface area contributed by atoms with E-state index in [1.807, 2.05) is 49.2 Å². The first-order valence-electron chi connectivity index (χ1n) is 6.84. The Labute approximate surface area is 123 Å². The molecule has 1 atom stereocenters. The third kappa shape index (κ3) is 4.39. The average Bonchev–Trinajstić information content (AvgIpc) is 2.93. The molecule has 112 valence electrons.